The summed E-state index contributed by atoms with van der Waals surface area (Å²) in [5, 5.41) is 4.10. The third-order valence-electron chi connectivity index (χ3n) is 3.45. The molecule has 0 N–H and O–H groups in total. The lowest BCUT2D eigenvalue weighted by Gasteiger charge is -2.12. The Morgan fingerprint density at radius 2 is 1.96 bits per heavy atom. The van der Waals surface area contributed by atoms with Gasteiger partial charge in [-0.05, 0) is 19.1 Å². The van der Waals surface area contributed by atoms with E-state index in [2.05, 4.69) is 9.97 Å². The molecule has 0 saturated carbocycles. The molecule has 5 nitrogen and oxygen atoms in total. The molecule has 0 aliphatic heterocycles. The minimum atomic E-state index is 0.421. The fraction of sp³-hybridized carbons (Fsp3) is 0.294. The van der Waals surface area contributed by atoms with Gasteiger partial charge in [-0.3, -0.25) is 0 Å². The number of methoxy groups -OCH3 is 2. The van der Waals surface area contributed by atoms with Gasteiger partial charge in [0.05, 0.1) is 19.2 Å². The molecule has 0 aliphatic carbocycles. The van der Waals surface area contributed by atoms with E-state index >= 15 is 0 Å². The third-order valence-corrected chi connectivity index (χ3v) is 4.80. The molecule has 24 heavy (non-hydrogen) atoms. The molecule has 0 fully saturated rings. The standard InChI is InChI=1S/C17H17ClN2O3S/c1-10-9-24-17(19-10)12-8-14(22-3)11-4-5-13(23-7-6-21-2)15(18)16(11)20-12/h4-5,8-9H,6-7H2,1-3H3. The molecule has 1 aromatic carbocycles. The average Bonchev–Trinajstić information content (AvgIpc) is 3.03. The van der Waals surface area contributed by atoms with Crippen LogP contribution in [0.4, 0.5) is 0 Å². The van der Waals surface area contributed by atoms with Crippen molar-refractivity contribution in [1.82, 2.24) is 9.97 Å². The summed E-state index contributed by atoms with van der Waals surface area (Å²) < 4.78 is 16.2. The number of aromatic nitrogens is 2. The van der Waals surface area contributed by atoms with Crippen molar-refractivity contribution in [3.05, 3.63) is 34.3 Å². The number of hydrogen-bond donors (Lipinski definition) is 0. The highest BCUT2D eigenvalue weighted by atomic mass is 35.5. The first-order chi connectivity index (χ1) is 11.6. The largest absolute Gasteiger partial charge is 0.496 e. The van der Waals surface area contributed by atoms with Crippen LogP contribution >= 0.6 is 22.9 Å². The zero-order valence-corrected chi connectivity index (χ0v) is 15.2. The van der Waals surface area contributed by atoms with Crippen LogP contribution in [0, 0.1) is 6.92 Å². The smallest absolute Gasteiger partial charge is 0.142 e. The Hall–Kier alpha value is -1.89. The highest BCUT2D eigenvalue weighted by Crippen LogP contribution is 2.38. The average molecular weight is 365 g/mol. The second-order valence-corrected chi connectivity index (χ2v) is 6.35. The summed E-state index contributed by atoms with van der Waals surface area (Å²) in [6, 6.07) is 5.59. The Labute approximate surface area is 149 Å². The predicted octanol–water partition coefficient (Wildman–Crippen LogP) is 4.35. The predicted molar refractivity (Wildman–Crippen MR) is 96.5 cm³/mol. The van der Waals surface area contributed by atoms with Gasteiger partial charge in [0.15, 0.2) is 0 Å². The summed E-state index contributed by atoms with van der Waals surface area (Å²) in [6.45, 7) is 2.86. The second kappa shape index (κ2) is 7.34. The molecule has 3 rings (SSSR count). The Kier molecular flexibility index (Phi) is 5.18. The Balaban J connectivity index is 2.11. The van der Waals surface area contributed by atoms with Gasteiger partial charge in [0.2, 0.25) is 0 Å². The van der Waals surface area contributed by atoms with E-state index in [0.717, 1.165) is 21.8 Å². The fourth-order valence-electron chi connectivity index (χ4n) is 2.31. The second-order valence-electron chi connectivity index (χ2n) is 5.12. The number of thiazole rings is 1. The molecule has 0 saturated heterocycles. The van der Waals surface area contributed by atoms with Crippen molar-refractivity contribution in [1.29, 1.82) is 0 Å². The van der Waals surface area contributed by atoms with Crippen molar-refractivity contribution in [3.63, 3.8) is 0 Å². The van der Waals surface area contributed by atoms with Crippen LogP contribution in [0.5, 0.6) is 11.5 Å². The number of halogens is 1. The van der Waals surface area contributed by atoms with E-state index in [-0.39, 0.29) is 0 Å². The maximum Gasteiger partial charge on any atom is 0.142 e. The molecule has 0 aliphatic rings. The van der Waals surface area contributed by atoms with Crippen molar-refractivity contribution in [2.45, 2.75) is 6.92 Å². The number of aryl methyl sites for hydroxylation is 1. The molecular formula is C17H17ClN2O3S. The molecule has 0 bridgehead atoms. The minimum absolute atomic E-state index is 0.421. The summed E-state index contributed by atoms with van der Waals surface area (Å²) in [7, 11) is 3.25. The molecule has 2 heterocycles. The maximum atomic E-state index is 6.51. The summed E-state index contributed by atoms with van der Waals surface area (Å²) in [5.74, 6) is 1.27. The van der Waals surface area contributed by atoms with Crippen LogP contribution in [0.1, 0.15) is 5.69 Å². The summed E-state index contributed by atoms with van der Waals surface area (Å²) in [5.41, 5.74) is 2.32. The number of pyridine rings is 1. The molecular weight excluding hydrogens is 348 g/mol. The zero-order chi connectivity index (χ0) is 17.1. The summed E-state index contributed by atoms with van der Waals surface area (Å²) in [4.78, 5) is 9.17. The number of benzene rings is 1. The van der Waals surface area contributed by atoms with Crippen LogP contribution < -0.4 is 9.47 Å². The van der Waals surface area contributed by atoms with Gasteiger partial charge >= 0.3 is 0 Å². The van der Waals surface area contributed by atoms with E-state index in [9.17, 15) is 0 Å². The van der Waals surface area contributed by atoms with Crippen LogP contribution in [-0.2, 0) is 4.74 Å². The number of nitrogens with zero attached hydrogens (tertiary/aromatic N) is 2. The van der Waals surface area contributed by atoms with Crippen LogP contribution in [0.3, 0.4) is 0 Å². The van der Waals surface area contributed by atoms with E-state index in [4.69, 9.17) is 25.8 Å². The molecule has 2 aromatic heterocycles. The number of rotatable bonds is 6. The van der Waals surface area contributed by atoms with E-state index in [0.29, 0.717) is 35.3 Å². The van der Waals surface area contributed by atoms with E-state index < -0.39 is 0 Å². The normalized spacial score (nSPS) is 11.0. The summed E-state index contributed by atoms with van der Waals surface area (Å²) >= 11 is 8.05. The first kappa shape index (κ1) is 17.0. The van der Waals surface area contributed by atoms with Gasteiger partial charge < -0.3 is 14.2 Å². The number of hydrogen-bond acceptors (Lipinski definition) is 6. The topological polar surface area (TPSA) is 53.5 Å². The maximum absolute atomic E-state index is 6.51. The van der Waals surface area contributed by atoms with Crippen molar-refractivity contribution in [3.8, 4) is 22.2 Å². The van der Waals surface area contributed by atoms with Gasteiger partial charge in [0.1, 0.15) is 33.8 Å². The lowest BCUT2D eigenvalue weighted by atomic mass is 10.1. The molecule has 0 unspecified atom stereocenters. The van der Waals surface area contributed by atoms with Crippen molar-refractivity contribution in [2.75, 3.05) is 27.4 Å². The Bertz CT molecular complexity index is 866. The number of ether oxygens (including phenoxy) is 3. The van der Waals surface area contributed by atoms with Gasteiger partial charge in [-0.2, -0.15) is 0 Å². The van der Waals surface area contributed by atoms with Crippen molar-refractivity contribution in [2.24, 2.45) is 0 Å². The van der Waals surface area contributed by atoms with Crippen LogP contribution in [0.2, 0.25) is 5.02 Å². The summed E-state index contributed by atoms with van der Waals surface area (Å²) in [6.07, 6.45) is 0. The first-order valence-electron chi connectivity index (χ1n) is 7.35. The molecule has 7 heteroatoms. The molecule has 0 atom stereocenters. The van der Waals surface area contributed by atoms with Crippen LogP contribution in [0.15, 0.2) is 23.6 Å². The van der Waals surface area contributed by atoms with Gasteiger partial charge in [-0.15, -0.1) is 11.3 Å². The first-order valence-corrected chi connectivity index (χ1v) is 8.61. The Morgan fingerprint density at radius 3 is 2.62 bits per heavy atom. The lowest BCUT2D eigenvalue weighted by Crippen LogP contribution is -2.04. The van der Waals surface area contributed by atoms with Crippen molar-refractivity contribution < 1.29 is 14.2 Å². The Morgan fingerprint density at radius 1 is 1.12 bits per heavy atom. The quantitative estimate of drug-likeness (QED) is 0.608. The molecule has 3 aromatic rings. The van der Waals surface area contributed by atoms with Gasteiger partial charge in [0, 0.05) is 29.6 Å². The fourth-order valence-corrected chi connectivity index (χ4v) is 3.32. The highest BCUT2D eigenvalue weighted by molar-refractivity contribution is 7.13. The van der Waals surface area contributed by atoms with Crippen molar-refractivity contribution >= 4 is 33.8 Å². The highest BCUT2D eigenvalue weighted by Gasteiger charge is 2.15. The zero-order valence-electron chi connectivity index (χ0n) is 13.6. The molecule has 0 radical (unpaired) electrons. The van der Waals surface area contributed by atoms with Crippen LogP contribution in [-0.4, -0.2) is 37.4 Å². The van der Waals surface area contributed by atoms with Gasteiger partial charge in [0.25, 0.3) is 0 Å². The van der Waals surface area contributed by atoms with Crippen LogP contribution in [0.25, 0.3) is 21.6 Å². The van der Waals surface area contributed by atoms with Gasteiger partial charge in [-0.25, -0.2) is 9.97 Å². The lowest BCUT2D eigenvalue weighted by molar-refractivity contribution is 0.146. The van der Waals surface area contributed by atoms with E-state index in [1.165, 1.54) is 11.3 Å². The molecule has 126 valence electrons. The third kappa shape index (κ3) is 3.31. The van der Waals surface area contributed by atoms with E-state index in [1.54, 1.807) is 14.2 Å². The number of fused-ring (bicyclic) bond motifs is 1. The van der Waals surface area contributed by atoms with E-state index in [1.807, 2.05) is 30.5 Å². The SMILES string of the molecule is COCCOc1ccc2c(OC)cc(-c3nc(C)cs3)nc2c1Cl. The minimum Gasteiger partial charge on any atom is -0.496 e. The van der Waals surface area contributed by atoms with Gasteiger partial charge in [-0.1, -0.05) is 11.6 Å². The molecule has 0 amide bonds. The monoisotopic (exact) mass is 364 g/mol. The molecule has 0 spiro atoms.